The number of amidine groups is 1. The molecule has 17 heavy (non-hydrogen) atoms. The van der Waals surface area contributed by atoms with Crippen LogP contribution < -0.4 is 11.1 Å². The molecule has 0 bridgehead atoms. The van der Waals surface area contributed by atoms with Gasteiger partial charge in [-0.05, 0) is 32.1 Å². The van der Waals surface area contributed by atoms with E-state index in [0.717, 1.165) is 12.3 Å². The molecule has 0 aliphatic heterocycles. The molecular weight excluding hydrogens is 214 g/mol. The average molecular weight is 241 g/mol. The summed E-state index contributed by atoms with van der Waals surface area (Å²) < 4.78 is 0. The molecule has 100 valence electrons. The average Bonchev–Trinajstić information content (AvgIpc) is 2.38. The third-order valence-corrected chi connectivity index (χ3v) is 3.93. The van der Waals surface area contributed by atoms with Crippen LogP contribution in [0.1, 0.15) is 58.8 Å². The van der Waals surface area contributed by atoms with Gasteiger partial charge in [0.2, 0.25) is 0 Å². The number of nitrogens with one attached hydrogen (secondary N) is 1. The molecule has 0 aromatic heterocycles. The second-order valence-corrected chi connectivity index (χ2v) is 5.25. The highest BCUT2D eigenvalue weighted by Crippen LogP contribution is 2.26. The summed E-state index contributed by atoms with van der Waals surface area (Å²) in [5.41, 5.74) is 5.56. The molecule has 1 unspecified atom stereocenters. The van der Waals surface area contributed by atoms with Gasteiger partial charge < -0.3 is 16.3 Å². The molecule has 0 spiro atoms. The smallest absolute Gasteiger partial charge is 0.140 e. The predicted octanol–water partition coefficient (Wildman–Crippen LogP) is 2.46. The third kappa shape index (κ3) is 4.94. The van der Waals surface area contributed by atoms with Gasteiger partial charge in [-0.2, -0.15) is 0 Å². The van der Waals surface area contributed by atoms with Gasteiger partial charge in [-0.25, -0.2) is 0 Å². The van der Waals surface area contributed by atoms with Crippen LogP contribution in [-0.2, 0) is 0 Å². The van der Waals surface area contributed by atoms with Crippen molar-refractivity contribution in [3.63, 3.8) is 0 Å². The van der Waals surface area contributed by atoms with Crippen LogP contribution in [0.5, 0.6) is 0 Å². The van der Waals surface area contributed by atoms with Gasteiger partial charge in [0, 0.05) is 18.5 Å². The minimum absolute atomic E-state index is 0.320. The number of hydrogen-bond donors (Lipinski definition) is 3. The molecule has 4 N–H and O–H groups in total. The molecule has 4 nitrogen and oxygen atoms in total. The summed E-state index contributed by atoms with van der Waals surface area (Å²) in [5, 5.41) is 15.3. The van der Waals surface area contributed by atoms with Crippen LogP contribution in [0.25, 0.3) is 0 Å². The topological polar surface area (TPSA) is 70.6 Å². The largest absolute Gasteiger partial charge is 0.409 e. The Kier molecular flexibility index (Phi) is 6.34. The highest BCUT2D eigenvalue weighted by Gasteiger charge is 2.22. The zero-order valence-corrected chi connectivity index (χ0v) is 11.2. The highest BCUT2D eigenvalue weighted by atomic mass is 16.4. The van der Waals surface area contributed by atoms with Gasteiger partial charge in [-0.3, -0.25) is 0 Å². The van der Waals surface area contributed by atoms with Crippen molar-refractivity contribution >= 4 is 5.84 Å². The lowest BCUT2D eigenvalue weighted by molar-refractivity contribution is 0.261. The fraction of sp³-hybridized carbons (Fsp3) is 0.923. The maximum Gasteiger partial charge on any atom is 0.140 e. The SMILES string of the molecule is CCC(CC(N)=NO)N[C@H](C)C1CCCCC1. The van der Waals surface area contributed by atoms with Crippen LogP contribution in [0.15, 0.2) is 5.16 Å². The number of rotatable bonds is 6. The van der Waals surface area contributed by atoms with Crippen LogP contribution in [0, 0.1) is 5.92 Å². The molecule has 1 aliphatic rings. The Morgan fingerprint density at radius 3 is 2.59 bits per heavy atom. The minimum atomic E-state index is 0.320. The summed E-state index contributed by atoms with van der Waals surface area (Å²) in [4.78, 5) is 0. The molecule has 1 fully saturated rings. The highest BCUT2D eigenvalue weighted by molar-refractivity contribution is 5.80. The van der Waals surface area contributed by atoms with Gasteiger partial charge in [0.1, 0.15) is 5.84 Å². The monoisotopic (exact) mass is 241 g/mol. The molecule has 1 rings (SSSR count). The summed E-state index contributed by atoms with van der Waals surface area (Å²) in [5.74, 6) is 1.12. The lowest BCUT2D eigenvalue weighted by Crippen LogP contribution is -2.43. The van der Waals surface area contributed by atoms with Gasteiger partial charge in [0.25, 0.3) is 0 Å². The molecule has 0 heterocycles. The first-order valence-corrected chi connectivity index (χ1v) is 6.89. The van der Waals surface area contributed by atoms with Gasteiger partial charge in [-0.15, -0.1) is 0 Å². The first-order chi connectivity index (χ1) is 8.17. The molecule has 0 amide bonds. The lowest BCUT2D eigenvalue weighted by Gasteiger charge is -2.31. The quantitative estimate of drug-likeness (QED) is 0.289. The molecule has 0 radical (unpaired) electrons. The van der Waals surface area contributed by atoms with Gasteiger partial charge >= 0.3 is 0 Å². The molecule has 0 saturated heterocycles. The Labute approximate surface area is 105 Å². The molecule has 4 heteroatoms. The van der Waals surface area contributed by atoms with Crippen molar-refractivity contribution in [3.8, 4) is 0 Å². The van der Waals surface area contributed by atoms with E-state index in [4.69, 9.17) is 10.9 Å². The van der Waals surface area contributed by atoms with E-state index in [9.17, 15) is 0 Å². The first kappa shape index (κ1) is 14.3. The molecule has 1 saturated carbocycles. The van der Waals surface area contributed by atoms with Crippen molar-refractivity contribution in [1.82, 2.24) is 5.32 Å². The van der Waals surface area contributed by atoms with Crippen molar-refractivity contribution in [2.45, 2.75) is 70.9 Å². The molecular formula is C13H27N3O. The summed E-state index contributed by atoms with van der Waals surface area (Å²) in [6.45, 7) is 4.40. The zero-order valence-electron chi connectivity index (χ0n) is 11.2. The van der Waals surface area contributed by atoms with E-state index in [2.05, 4.69) is 24.3 Å². The predicted molar refractivity (Wildman–Crippen MR) is 71.3 cm³/mol. The van der Waals surface area contributed by atoms with Crippen LogP contribution >= 0.6 is 0 Å². The third-order valence-electron chi connectivity index (χ3n) is 3.93. The maximum absolute atomic E-state index is 8.60. The Balaban J connectivity index is 2.38. The number of oxime groups is 1. The van der Waals surface area contributed by atoms with E-state index in [1.165, 1.54) is 32.1 Å². The van der Waals surface area contributed by atoms with E-state index in [1.54, 1.807) is 0 Å². The summed E-state index contributed by atoms with van der Waals surface area (Å²) in [7, 11) is 0. The number of nitrogens with two attached hydrogens (primary N) is 1. The number of hydrogen-bond acceptors (Lipinski definition) is 3. The molecule has 2 atom stereocenters. The summed E-state index contributed by atoms with van der Waals surface area (Å²) >= 11 is 0. The Bertz CT molecular complexity index is 237. The fourth-order valence-corrected chi connectivity index (χ4v) is 2.76. The van der Waals surface area contributed by atoms with E-state index in [0.29, 0.717) is 24.3 Å². The van der Waals surface area contributed by atoms with Crippen molar-refractivity contribution < 1.29 is 5.21 Å². The van der Waals surface area contributed by atoms with Gasteiger partial charge in [-0.1, -0.05) is 31.3 Å². The molecule has 1 aliphatic carbocycles. The second-order valence-electron chi connectivity index (χ2n) is 5.25. The standard InChI is InChI=1S/C13H27N3O/c1-3-12(9-13(14)16-17)15-10(2)11-7-5-4-6-8-11/h10-12,15,17H,3-9H2,1-2H3,(H2,14,16)/t10-,12?/m1/s1. The van der Waals surface area contributed by atoms with Gasteiger partial charge in [0.15, 0.2) is 0 Å². The minimum Gasteiger partial charge on any atom is -0.409 e. The van der Waals surface area contributed by atoms with E-state index >= 15 is 0 Å². The summed E-state index contributed by atoms with van der Waals surface area (Å²) in [6, 6.07) is 0.856. The van der Waals surface area contributed by atoms with Crippen molar-refractivity contribution in [3.05, 3.63) is 0 Å². The van der Waals surface area contributed by atoms with Crippen LogP contribution in [-0.4, -0.2) is 23.1 Å². The fourth-order valence-electron chi connectivity index (χ4n) is 2.76. The molecule has 0 aromatic carbocycles. The Hall–Kier alpha value is -0.770. The Morgan fingerprint density at radius 1 is 1.41 bits per heavy atom. The number of nitrogens with zero attached hydrogens (tertiary/aromatic N) is 1. The van der Waals surface area contributed by atoms with Gasteiger partial charge in [0.05, 0.1) is 0 Å². The van der Waals surface area contributed by atoms with E-state index in [1.807, 2.05) is 0 Å². The van der Waals surface area contributed by atoms with Crippen molar-refractivity contribution in [1.29, 1.82) is 0 Å². The first-order valence-electron chi connectivity index (χ1n) is 6.89. The molecule has 0 aromatic rings. The van der Waals surface area contributed by atoms with Crippen molar-refractivity contribution in [2.24, 2.45) is 16.8 Å². The zero-order chi connectivity index (χ0) is 12.7. The van der Waals surface area contributed by atoms with Crippen LogP contribution in [0.3, 0.4) is 0 Å². The van der Waals surface area contributed by atoms with Crippen molar-refractivity contribution in [2.75, 3.05) is 0 Å². The Morgan fingerprint density at radius 2 is 2.06 bits per heavy atom. The summed E-state index contributed by atoms with van der Waals surface area (Å²) in [6.07, 6.45) is 8.45. The van der Waals surface area contributed by atoms with Crippen LogP contribution in [0.4, 0.5) is 0 Å². The second kappa shape index (κ2) is 7.54. The normalized spacial score (nSPS) is 22.4. The van der Waals surface area contributed by atoms with E-state index in [-0.39, 0.29) is 0 Å². The lowest BCUT2D eigenvalue weighted by atomic mass is 9.84. The van der Waals surface area contributed by atoms with Crippen LogP contribution in [0.2, 0.25) is 0 Å². The maximum atomic E-state index is 8.60. The van der Waals surface area contributed by atoms with E-state index < -0.39 is 0 Å².